The van der Waals surface area contributed by atoms with E-state index in [4.69, 9.17) is 9.47 Å². The number of unbranched alkanes of at least 4 members (excludes halogenated alkanes) is 2. The van der Waals surface area contributed by atoms with Gasteiger partial charge in [0.1, 0.15) is 5.75 Å². The number of carbonyl (C=O) groups excluding carboxylic acids is 2. The maximum absolute atomic E-state index is 11.8. The molecular formula is C20H30O7. The zero-order valence-electron chi connectivity index (χ0n) is 16.4. The van der Waals surface area contributed by atoms with Crippen molar-refractivity contribution in [3.63, 3.8) is 0 Å². The van der Waals surface area contributed by atoms with Crippen LogP contribution in [-0.4, -0.2) is 25.3 Å². The van der Waals surface area contributed by atoms with E-state index in [9.17, 15) is 9.59 Å². The van der Waals surface area contributed by atoms with Gasteiger partial charge < -0.3 is 9.47 Å². The van der Waals surface area contributed by atoms with E-state index in [1.54, 1.807) is 12.1 Å². The first-order valence-corrected chi connectivity index (χ1v) is 9.55. The van der Waals surface area contributed by atoms with E-state index in [0.717, 1.165) is 38.5 Å². The number of rotatable bonds is 13. The minimum atomic E-state index is -1.04. The highest BCUT2D eigenvalue weighted by atomic mass is 17.5. The molecule has 1 aromatic rings. The quantitative estimate of drug-likeness (QED) is 0.200. The van der Waals surface area contributed by atoms with Crippen molar-refractivity contribution in [2.45, 2.75) is 59.3 Å². The van der Waals surface area contributed by atoms with Crippen molar-refractivity contribution in [1.29, 1.82) is 0 Å². The smallest absolute Gasteiger partial charge is 0.494 e. The van der Waals surface area contributed by atoms with Gasteiger partial charge in [-0.3, -0.25) is 4.89 Å². The maximum atomic E-state index is 11.8. The normalized spacial score (nSPS) is 11.5. The second-order valence-corrected chi connectivity index (χ2v) is 6.23. The first-order chi connectivity index (χ1) is 13.1. The predicted molar refractivity (Wildman–Crippen MR) is 99.1 cm³/mol. The minimum Gasteiger partial charge on any atom is -0.494 e. The Labute approximate surface area is 160 Å². The van der Waals surface area contributed by atoms with Crippen molar-refractivity contribution in [3.05, 3.63) is 29.8 Å². The molecule has 0 saturated carbocycles. The lowest BCUT2D eigenvalue weighted by Crippen LogP contribution is -2.16. The SMILES string of the molecule is CCCCOc1ccc(C(=O)OOOC(=O)OCC(CC)CCCC)cc1. The molecule has 1 aromatic carbocycles. The third kappa shape index (κ3) is 9.84. The molecule has 0 aliphatic rings. The van der Waals surface area contributed by atoms with Gasteiger partial charge in [-0.25, -0.2) is 14.5 Å². The van der Waals surface area contributed by atoms with Gasteiger partial charge in [0.2, 0.25) is 0 Å². The zero-order chi connectivity index (χ0) is 19.9. The van der Waals surface area contributed by atoms with Crippen LogP contribution in [0.3, 0.4) is 0 Å². The summed E-state index contributed by atoms with van der Waals surface area (Å²) >= 11 is 0. The van der Waals surface area contributed by atoms with Gasteiger partial charge in [-0.15, -0.1) is 0 Å². The summed E-state index contributed by atoms with van der Waals surface area (Å²) in [6.07, 6.45) is 5.01. The topological polar surface area (TPSA) is 80.3 Å². The summed E-state index contributed by atoms with van der Waals surface area (Å²) in [4.78, 5) is 32.0. The van der Waals surface area contributed by atoms with E-state index < -0.39 is 12.1 Å². The van der Waals surface area contributed by atoms with Crippen molar-refractivity contribution in [2.75, 3.05) is 13.2 Å². The third-order valence-electron chi connectivity index (χ3n) is 4.05. The second-order valence-electron chi connectivity index (χ2n) is 6.23. The monoisotopic (exact) mass is 382 g/mol. The Bertz CT molecular complexity index is 542. The average molecular weight is 382 g/mol. The number of carbonyl (C=O) groups is 2. The molecule has 0 heterocycles. The van der Waals surface area contributed by atoms with E-state index in [1.165, 1.54) is 12.1 Å². The third-order valence-corrected chi connectivity index (χ3v) is 4.05. The highest BCUT2D eigenvalue weighted by Gasteiger charge is 2.14. The molecule has 0 spiro atoms. The molecule has 27 heavy (non-hydrogen) atoms. The molecule has 152 valence electrons. The molecule has 0 aromatic heterocycles. The standard InChI is InChI=1S/C20H30O7/c1-4-7-9-16(6-3)15-24-20(22)26-27-25-19(21)17-10-12-18(13-11-17)23-14-8-5-2/h10-13,16H,4-9,14-15H2,1-3H3. The van der Waals surface area contributed by atoms with Crippen molar-refractivity contribution in [3.8, 4) is 5.75 Å². The lowest BCUT2D eigenvalue weighted by molar-refractivity contribution is -0.452. The van der Waals surface area contributed by atoms with Gasteiger partial charge in [0, 0.05) is 0 Å². The molecular weight excluding hydrogens is 352 g/mol. The Morgan fingerprint density at radius 1 is 0.963 bits per heavy atom. The van der Waals surface area contributed by atoms with E-state index in [0.29, 0.717) is 12.4 Å². The van der Waals surface area contributed by atoms with Crippen LogP contribution in [0.1, 0.15) is 69.7 Å². The molecule has 0 bridgehead atoms. The molecule has 0 amide bonds. The molecule has 1 atom stereocenters. The predicted octanol–water partition coefficient (Wildman–Crippen LogP) is 5.24. The van der Waals surface area contributed by atoms with Gasteiger partial charge in [0.15, 0.2) is 0 Å². The number of hydrogen-bond donors (Lipinski definition) is 0. The zero-order valence-corrected chi connectivity index (χ0v) is 16.4. The van der Waals surface area contributed by atoms with E-state index in [-0.39, 0.29) is 18.1 Å². The highest BCUT2D eigenvalue weighted by Crippen LogP contribution is 2.14. The summed E-state index contributed by atoms with van der Waals surface area (Å²) < 4.78 is 10.5. The average Bonchev–Trinajstić information content (AvgIpc) is 2.68. The van der Waals surface area contributed by atoms with Crippen LogP contribution in [0.2, 0.25) is 0 Å². The summed E-state index contributed by atoms with van der Waals surface area (Å²) in [5, 5.41) is 4.21. The van der Waals surface area contributed by atoms with Gasteiger partial charge in [-0.05, 0) is 43.0 Å². The van der Waals surface area contributed by atoms with Gasteiger partial charge in [-0.1, -0.05) is 46.5 Å². The van der Waals surface area contributed by atoms with E-state index >= 15 is 0 Å². The molecule has 0 radical (unpaired) electrons. The highest BCUT2D eigenvalue weighted by molar-refractivity contribution is 5.89. The Hall–Kier alpha value is -2.28. The van der Waals surface area contributed by atoms with Crippen molar-refractivity contribution in [1.82, 2.24) is 0 Å². The first-order valence-electron chi connectivity index (χ1n) is 9.55. The summed E-state index contributed by atoms with van der Waals surface area (Å²) in [6, 6.07) is 6.38. The summed E-state index contributed by atoms with van der Waals surface area (Å²) in [5.41, 5.74) is 0.237. The summed E-state index contributed by atoms with van der Waals surface area (Å²) in [5.74, 6) is 0.143. The van der Waals surface area contributed by atoms with Gasteiger partial charge >= 0.3 is 12.1 Å². The number of benzene rings is 1. The fraction of sp³-hybridized carbons (Fsp3) is 0.600. The Kier molecular flexibility index (Phi) is 11.7. The first kappa shape index (κ1) is 22.8. The molecule has 0 aliphatic carbocycles. The lowest BCUT2D eigenvalue weighted by Gasteiger charge is -2.13. The maximum Gasteiger partial charge on any atom is 0.543 e. The van der Waals surface area contributed by atoms with E-state index in [1.807, 2.05) is 6.92 Å². The van der Waals surface area contributed by atoms with Crippen LogP contribution < -0.4 is 4.74 Å². The molecule has 7 heteroatoms. The second kappa shape index (κ2) is 13.9. The van der Waals surface area contributed by atoms with Crippen LogP contribution in [0, 0.1) is 5.92 Å². The molecule has 7 nitrogen and oxygen atoms in total. The number of hydrogen-bond acceptors (Lipinski definition) is 7. The Balaban J connectivity index is 2.26. The van der Waals surface area contributed by atoms with Crippen molar-refractivity contribution in [2.24, 2.45) is 5.92 Å². The Morgan fingerprint density at radius 3 is 2.30 bits per heavy atom. The summed E-state index contributed by atoms with van der Waals surface area (Å²) in [7, 11) is 0. The molecule has 0 saturated heterocycles. The molecule has 0 fully saturated rings. The molecule has 0 N–H and O–H groups in total. The van der Waals surface area contributed by atoms with Crippen LogP contribution in [0.5, 0.6) is 5.75 Å². The minimum absolute atomic E-state index is 0.237. The Morgan fingerprint density at radius 2 is 1.67 bits per heavy atom. The number of ether oxygens (including phenoxy) is 2. The van der Waals surface area contributed by atoms with Gasteiger partial charge in [0.25, 0.3) is 0 Å². The molecule has 1 rings (SSSR count). The molecule has 0 aliphatic heterocycles. The molecule has 1 unspecified atom stereocenters. The van der Waals surface area contributed by atoms with Crippen molar-refractivity contribution >= 4 is 12.1 Å². The van der Waals surface area contributed by atoms with Crippen LogP contribution in [0.25, 0.3) is 0 Å². The van der Waals surface area contributed by atoms with E-state index in [2.05, 4.69) is 28.7 Å². The summed E-state index contributed by atoms with van der Waals surface area (Å²) in [6.45, 7) is 7.09. The van der Waals surface area contributed by atoms with Crippen LogP contribution >= 0.6 is 0 Å². The largest absolute Gasteiger partial charge is 0.543 e. The van der Waals surface area contributed by atoms with Crippen LogP contribution in [-0.2, 0) is 19.6 Å². The lowest BCUT2D eigenvalue weighted by atomic mass is 10.0. The van der Waals surface area contributed by atoms with Crippen LogP contribution in [0.4, 0.5) is 4.79 Å². The van der Waals surface area contributed by atoms with Gasteiger partial charge in [0.05, 0.1) is 23.8 Å². The van der Waals surface area contributed by atoms with Crippen LogP contribution in [0.15, 0.2) is 24.3 Å². The fourth-order valence-electron chi connectivity index (χ4n) is 2.25. The fourth-order valence-corrected chi connectivity index (χ4v) is 2.25. The van der Waals surface area contributed by atoms with Gasteiger partial charge in [-0.2, -0.15) is 0 Å². The van der Waals surface area contributed by atoms with Crippen molar-refractivity contribution < 1.29 is 33.9 Å².